The zero-order valence-electron chi connectivity index (χ0n) is 12.6. The molecule has 0 aliphatic carbocycles. The third kappa shape index (κ3) is 2.35. The molecule has 6 nitrogen and oxygen atoms in total. The van der Waals surface area contributed by atoms with Crippen LogP contribution in [-0.2, 0) is 19.5 Å². The number of rotatable bonds is 3. The molecule has 0 saturated heterocycles. The van der Waals surface area contributed by atoms with Crippen LogP contribution >= 0.6 is 11.3 Å². The van der Waals surface area contributed by atoms with Gasteiger partial charge in [0.15, 0.2) is 5.82 Å². The molecule has 0 radical (unpaired) electrons. The number of thiophene rings is 1. The Balaban J connectivity index is 1.63. The van der Waals surface area contributed by atoms with Crippen molar-refractivity contribution in [2.24, 2.45) is 0 Å². The highest BCUT2D eigenvalue weighted by atomic mass is 32.1. The van der Waals surface area contributed by atoms with E-state index in [4.69, 9.17) is 0 Å². The quantitative estimate of drug-likeness (QED) is 0.744. The summed E-state index contributed by atoms with van der Waals surface area (Å²) in [6, 6.07) is 2.08. The number of hydrogen-bond acceptors (Lipinski definition) is 6. The van der Waals surface area contributed by atoms with Gasteiger partial charge >= 0.3 is 0 Å². The van der Waals surface area contributed by atoms with Gasteiger partial charge in [0.25, 0.3) is 0 Å². The van der Waals surface area contributed by atoms with E-state index in [-0.39, 0.29) is 0 Å². The molecule has 1 aliphatic heterocycles. The van der Waals surface area contributed by atoms with E-state index in [0.29, 0.717) is 0 Å². The summed E-state index contributed by atoms with van der Waals surface area (Å²) < 4.78 is 2.29. The molecule has 0 unspecified atom stereocenters. The van der Waals surface area contributed by atoms with Gasteiger partial charge in [-0.15, -0.1) is 21.5 Å². The van der Waals surface area contributed by atoms with Crippen LogP contribution in [0.15, 0.2) is 17.8 Å². The van der Waals surface area contributed by atoms with Crippen LogP contribution in [0, 0.1) is 0 Å². The first-order valence-corrected chi connectivity index (χ1v) is 8.51. The highest BCUT2D eigenvalue weighted by Gasteiger charge is 2.17. The van der Waals surface area contributed by atoms with Crippen molar-refractivity contribution in [2.75, 3.05) is 11.9 Å². The maximum absolute atomic E-state index is 4.45. The van der Waals surface area contributed by atoms with Crippen LogP contribution in [0.3, 0.4) is 0 Å². The minimum atomic E-state index is 0.717. The van der Waals surface area contributed by atoms with Crippen molar-refractivity contribution in [3.63, 3.8) is 0 Å². The van der Waals surface area contributed by atoms with Gasteiger partial charge in [-0.25, -0.2) is 9.97 Å². The molecule has 0 spiro atoms. The minimum absolute atomic E-state index is 0.717. The van der Waals surface area contributed by atoms with Gasteiger partial charge in [-0.3, -0.25) is 0 Å². The first-order valence-electron chi connectivity index (χ1n) is 7.63. The fraction of sp³-hybridized carbons (Fsp3) is 0.467. The molecule has 7 heteroatoms. The Bertz CT molecular complexity index is 792. The van der Waals surface area contributed by atoms with Crippen molar-refractivity contribution in [3.05, 3.63) is 29.4 Å². The third-order valence-corrected chi connectivity index (χ3v) is 4.99. The van der Waals surface area contributed by atoms with Gasteiger partial charge in [-0.05, 0) is 24.3 Å². The third-order valence-electron chi connectivity index (χ3n) is 4.17. The minimum Gasteiger partial charge on any atom is -0.351 e. The van der Waals surface area contributed by atoms with Crippen LogP contribution in [0.2, 0.25) is 0 Å². The van der Waals surface area contributed by atoms with Crippen LogP contribution in [0.5, 0.6) is 0 Å². The van der Waals surface area contributed by atoms with Crippen LogP contribution in [0.4, 0.5) is 5.82 Å². The van der Waals surface area contributed by atoms with E-state index in [1.165, 1.54) is 19.3 Å². The second-order valence-electron chi connectivity index (χ2n) is 5.69. The Morgan fingerprint density at radius 1 is 1.23 bits per heavy atom. The van der Waals surface area contributed by atoms with Gasteiger partial charge in [0.2, 0.25) is 0 Å². The predicted octanol–water partition coefficient (Wildman–Crippen LogP) is 2.65. The normalized spacial score (nSPS) is 14.8. The van der Waals surface area contributed by atoms with E-state index in [1.54, 1.807) is 17.7 Å². The highest BCUT2D eigenvalue weighted by molar-refractivity contribution is 7.16. The Labute approximate surface area is 132 Å². The molecule has 0 atom stereocenters. The molecule has 22 heavy (non-hydrogen) atoms. The van der Waals surface area contributed by atoms with Gasteiger partial charge in [0, 0.05) is 20.0 Å². The molecule has 0 fully saturated rings. The Kier molecular flexibility index (Phi) is 3.49. The molecule has 1 aliphatic rings. The second kappa shape index (κ2) is 5.64. The van der Waals surface area contributed by atoms with Crippen LogP contribution in [0.1, 0.15) is 30.9 Å². The van der Waals surface area contributed by atoms with E-state index in [9.17, 15) is 0 Å². The number of aryl methyl sites for hydroxylation is 1. The zero-order valence-corrected chi connectivity index (χ0v) is 13.4. The summed E-state index contributed by atoms with van der Waals surface area (Å²) in [5, 5.41) is 11.9. The average Bonchev–Trinajstić information content (AvgIpc) is 3.08. The molecule has 0 saturated carbocycles. The highest BCUT2D eigenvalue weighted by Crippen LogP contribution is 2.27. The Hall–Kier alpha value is -2.02. The molecular weight excluding hydrogens is 296 g/mol. The van der Waals surface area contributed by atoms with Gasteiger partial charge < -0.3 is 9.47 Å². The molecule has 0 amide bonds. The fourth-order valence-corrected chi connectivity index (χ4v) is 3.76. The molecule has 4 heterocycles. The summed E-state index contributed by atoms with van der Waals surface area (Å²) in [7, 11) is 2.05. The average molecular weight is 314 g/mol. The first kappa shape index (κ1) is 13.6. The number of nitrogens with zero attached hydrogens (tertiary/aromatic N) is 6. The maximum Gasteiger partial charge on any atom is 0.152 e. The second-order valence-corrected chi connectivity index (χ2v) is 6.58. The lowest BCUT2D eigenvalue weighted by Crippen LogP contribution is -2.21. The molecule has 0 aromatic carbocycles. The van der Waals surface area contributed by atoms with E-state index in [0.717, 1.165) is 47.2 Å². The molecule has 114 valence electrons. The van der Waals surface area contributed by atoms with Crippen molar-refractivity contribution >= 4 is 27.4 Å². The number of aromatic nitrogens is 5. The standard InChI is InChI=1S/C15H18N6S/c1-20(14-11-6-8-22-15(11)17-10-16-14)9-13-19-18-12-5-3-2-4-7-21(12)13/h6,8,10H,2-5,7,9H2,1H3. The fourth-order valence-electron chi connectivity index (χ4n) is 3.03. The van der Waals surface area contributed by atoms with Gasteiger partial charge in [-0.1, -0.05) is 6.42 Å². The smallest absolute Gasteiger partial charge is 0.152 e. The topological polar surface area (TPSA) is 59.7 Å². The molecule has 0 bridgehead atoms. The van der Waals surface area contributed by atoms with Crippen LogP contribution in [-0.4, -0.2) is 31.8 Å². The summed E-state index contributed by atoms with van der Waals surface area (Å²) in [6.07, 6.45) is 6.38. The van der Waals surface area contributed by atoms with E-state index in [1.807, 2.05) is 0 Å². The number of hydrogen-bond donors (Lipinski definition) is 0. The van der Waals surface area contributed by atoms with Crippen molar-refractivity contribution in [2.45, 2.75) is 38.8 Å². The van der Waals surface area contributed by atoms with Crippen molar-refractivity contribution < 1.29 is 0 Å². The first-order chi connectivity index (χ1) is 10.8. The van der Waals surface area contributed by atoms with Gasteiger partial charge in [0.1, 0.15) is 22.8 Å². The summed E-state index contributed by atoms with van der Waals surface area (Å²) in [5.41, 5.74) is 0. The molecular formula is C15H18N6S. The summed E-state index contributed by atoms with van der Waals surface area (Å²) >= 11 is 1.64. The van der Waals surface area contributed by atoms with Crippen molar-refractivity contribution in [1.29, 1.82) is 0 Å². The molecule has 0 N–H and O–H groups in total. The SMILES string of the molecule is CN(Cc1nnc2n1CCCCC2)c1ncnc2sccc12. The van der Waals surface area contributed by atoms with Crippen molar-refractivity contribution in [3.8, 4) is 0 Å². The lowest BCUT2D eigenvalue weighted by molar-refractivity contribution is 0.601. The Morgan fingerprint density at radius 2 is 2.18 bits per heavy atom. The van der Waals surface area contributed by atoms with Crippen LogP contribution in [0.25, 0.3) is 10.2 Å². The van der Waals surface area contributed by atoms with Crippen molar-refractivity contribution in [1.82, 2.24) is 24.7 Å². The van der Waals surface area contributed by atoms with Gasteiger partial charge in [-0.2, -0.15) is 0 Å². The molecule has 3 aromatic heterocycles. The molecule has 3 aromatic rings. The van der Waals surface area contributed by atoms with Gasteiger partial charge in [0.05, 0.1) is 11.9 Å². The zero-order chi connectivity index (χ0) is 14.9. The van der Waals surface area contributed by atoms with E-state index in [2.05, 4.69) is 48.1 Å². The largest absolute Gasteiger partial charge is 0.351 e. The lowest BCUT2D eigenvalue weighted by Gasteiger charge is -2.18. The maximum atomic E-state index is 4.45. The summed E-state index contributed by atoms with van der Waals surface area (Å²) in [4.78, 5) is 11.9. The molecule has 4 rings (SSSR count). The van der Waals surface area contributed by atoms with Crippen LogP contribution < -0.4 is 4.90 Å². The summed E-state index contributed by atoms with van der Waals surface area (Å²) in [5.74, 6) is 3.11. The summed E-state index contributed by atoms with van der Waals surface area (Å²) in [6.45, 7) is 1.75. The predicted molar refractivity (Wildman–Crippen MR) is 87.1 cm³/mol. The number of fused-ring (bicyclic) bond motifs is 2. The van der Waals surface area contributed by atoms with E-state index >= 15 is 0 Å². The van der Waals surface area contributed by atoms with E-state index < -0.39 is 0 Å². The number of anilines is 1. The Morgan fingerprint density at radius 3 is 3.14 bits per heavy atom. The monoisotopic (exact) mass is 314 g/mol. The lowest BCUT2D eigenvalue weighted by atomic mass is 10.2.